The predicted molar refractivity (Wildman–Crippen MR) is 114 cm³/mol. The fourth-order valence-electron chi connectivity index (χ4n) is 3.68. The molecule has 0 spiro atoms. The van der Waals surface area contributed by atoms with Crippen molar-refractivity contribution in [1.82, 2.24) is 15.5 Å². The summed E-state index contributed by atoms with van der Waals surface area (Å²) in [6.07, 6.45) is 2.36. The zero-order valence-electron chi connectivity index (χ0n) is 16.8. The highest BCUT2D eigenvalue weighted by Gasteiger charge is 2.31. The molecule has 156 valence electrons. The summed E-state index contributed by atoms with van der Waals surface area (Å²) in [5, 5.41) is 7.55. The molecule has 2 aromatic carbocycles. The lowest BCUT2D eigenvalue weighted by atomic mass is 10.1. The SMILES string of the molecule is CN1C(=O)[C@@H](NC(=O)c2cc(Cc3ccccc3)on2)COc2cc3[nH]ccc3cc21. The van der Waals surface area contributed by atoms with Gasteiger partial charge in [-0.05, 0) is 17.7 Å². The van der Waals surface area contributed by atoms with Gasteiger partial charge in [-0.2, -0.15) is 0 Å². The second-order valence-corrected chi connectivity index (χ2v) is 7.46. The van der Waals surface area contributed by atoms with Gasteiger partial charge in [0, 0.05) is 42.7 Å². The molecule has 2 amide bonds. The number of carbonyl (C=O) groups is 2. The smallest absolute Gasteiger partial charge is 0.274 e. The maximum Gasteiger partial charge on any atom is 0.274 e. The van der Waals surface area contributed by atoms with E-state index in [0.29, 0.717) is 23.6 Å². The topological polar surface area (TPSA) is 100 Å². The number of carbonyl (C=O) groups excluding carboxylic acids is 2. The van der Waals surface area contributed by atoms with Crippen molar-refractivity contribution in [3.63, 3.8) is 0 Å². The molecule has 1 aliphatic rings. The highest BCUT2D eigenvalue weighted by molar-refractivity contribution is 6.04. The molecular formula is C23H20N4O4. The van der Waals surface area contributed by atoms with E-state index in [1.807, 2.05) is 54.7 Å². The summed E-state index contributed by atoms with van der Waals surface area (Å²) in [4.78, 5) is 30.3. The molecule has 8 nitrogen and oxygen atoms in total. The van der Waals surface area contributed by atoms with E-state index in [2.05, 4.69) is 15.5 Å². The number of amides is 2. The Bertz CT molecular complexity index is 1260. The van der Waals surface area contributed by atoms with Gasteiger partial charge in [0.1, 0.15) is 24.2 Å². The van der Waals surface area contributed by atoms with E-state index in [4.69, 9.17) is 9.26 Å². The normalized spacial score (nSPS) is 16.0. The first-order valence-electron chi connectivity index (χ1n) is 9.90. The van der Waals surface area contributed by atoms with Crippen molar-refractivity contribution in [2.75, 3.05) is 18.6 Å². The van der Waals surface area contributed by atoms with Gasteiger partial charge in [0.05, 0.1) is 5.69 Å². The van der Waals surface area contributed by atoms with Gasteiger partial charge in [-0.15, -0.1) is 0 Å². The summed E-state index contributed by atoms with van der Waals surface area (Å²) < 4.78 is 11.2. The number of likely N-dealkylation sites (N-methyl/N-ethyl adjacent to an activating group) is 1. The number of aromatic amines is 1. The van der Waals surface area contributed by atoms with Crippen LogP contribution in [0.1, 0.15) is 21.8 Å². The van der Waals surface area contributed by atoms with E-state index in [1.54, 1.807) is 13.1 Å². The molecule has 1 aliphatic heterocycles. The third-order valence-electron chi connectivity index (χ3n) is 5.35. The number of H-pyrrole nitrogens is 1. The van der Waals surface area contributed by atoms with Crippen LogP contribution in [0.3, 0.4) is 0 Å². The summed E-state index contributed by atoms with van der Waals surface area (Å²) in [5.41, 5.74) is 2.74. The lowest BCUT2D eigenvalue weighted by Crippen LogP contribution is -2.49. The van der Waals surface area contributed by atoms with Crippen molar-refractivity contribution in [3.05, 3.63) is 77.8 Å². The van der Waals surface area contributed by atoms with Crippen molar-refractivity contribution in [3.8, 4) is 5.75 Å². The zero-order chi connectivity index (χ0) is 21.4. The second kappa shape index (κ2) is 7.64. The zero-order valence-corrected chi connectivity index (χ0v) is 16.8. The second-order valence-electron chi connectivity index (χ2n) is 7.46. The molecule has 1 atom stereocenters. The van der Waals surface area contributed by atoms with E-state index in [0.717, 1.165) is 16.5 Å². The van der Waals surface area contributed by atoms with Crippen molar-refractivity contribution in [2.45, 2.75) is 12.5 Å². The first-order valence-corrected chi connectivity index (χ1v) is 9.90. The van der Waals surface area contributed by atoms with Gasteiger partial charge >= 0.3 is 0 Å². The van der Waals surface area contributed by atoms with Crippen LogP contribution in [0.5, 0.6) is 5.75 Å². The highest BCUT2D eigenvalue weighted by atomic mass is 16.5. The van der Waals surface area contributed by atoms with Gasteiger partial charge in [-0.25, -0.2) is 0 Å². The van der Waals surface area contributed by atoms with Crippen molar-refractivity contribution in [1.29, 1.82) is 0 Å². The summed E-state index contributed by atoms with van der Waals surface area (Å²) in [6.45, 7) is 0.0167. The Morgan fingerprint density at radius 1 is 1.23 bits per heavy atom. The Hall–Kier alpha value is -4.07. The van der Waals surface area contributed by atoms with Crippen LogP contribution in [-0.2, 0) is 11.2 Å². The van der Waals surface area contributed by atoms with E-state index < -0.39 is 11.9 Å². The molecule has 0 unspecified atom stereocenters. The fourth-order valence-corrected chi connectivity index (χ4v) is 3.68. The van der Waals surface area contributed by atoms with Crippen LogP contribution in [0.4, 0.5) is 5.69 Å². The summed E-state index contributed by atoms with van der Waals surface area (Å²) in [5.74, 6) is 0.389. The van der Waals surface area contributed by atoms with Crippen molar-refractivity contribution in [2.24, 2.45) is 0 Å². The monoisotopic (exact) mass is 416 g/mol. The molecule has 0 aliphatic carbocycles. The Labute approximate surface area is 177 Å². The minimum Gasteiger partial charge on any atom is -0.489 e. The number of ether oxygens (including phenoxy) is 1. The molecule has 0 radical (unpaired) electrons. The first-order chi connectivity index (χ1) is 15.1. The van der Waals surface area contributed by atoms with Gasteiger partial charge in [-0.3, -0.25) is 9.59 Å². The third kappa shape index (κ3) is 3.63. The minimum atomic E-state index is -0.850. The van der Waals surface area contributed by atoms with E-state index >= 15 is 0 Å². The minimum absolute atomic E-state index is 0.0167. The van der Waals surface area contributed by atoms with Crippen molar-refractivity contribution < 1.29 is 18.8 Å². The number of nitrogens with zero attached hydrogens (tertiary/aromatic N) is 2. The number of rotatable bonds is 4. The molecule has 5 rings (SSSR count). The van der Waals surface area contributed by atoms with Crippen LogP contribution in [0.15, 0.2) is 65.3 Å². The van der Waals surface area contributed by atoms with Crippen LogP contribution >= 0.6 is 0 Å². The van der Waals surface area contributed by atoms with Gasteiger partial charge < -0.3 is 24.5 Å². The average Bonchev–Trinajstić information content (AvgIpc) is 3.42. The molecule has 31 heavy (non-hydrogen) atoms. The van der Waals surface area contributed by atoms with Crippen molar-refractivity contribution >= 4 is 28.4 Å². The average molecular weight is 416 g/mol. The quantitative estimate of drug-likeness (QED) is 0.533. The molecule has 0 bridgehead atoms. The van der Waals surface area contributed by atoms with Crippen LogP contribution in [0, 0.1) is 0 Å². The Morgan fingerprint density at radius 3 is 2.90 bits per heavy atom. The number of aromatic nitrogens is 2. The molecule has 3 heterocycles. The van der Waals surface area contributed by atoms with Crippen LogP contribution in [0.2, 0.25) is 0 Å². The number of anilines is 1. The standard InChI is InChI=1S/C23H20N4O4/c1-27-20-10-15-7-8-24-17(15)12-21(20)30-13-19(23(27)29)25-22(28)18-11-16(31-26-18)9-14-5-3-2-4-6-14/h2-8,10-12,19,24H,9,13H2,1H3,(H,25,28)/t19-/m0/s1. The predicted octanol–water partition coefficient (Wildman–Crippen LogP) is 2.90. The maximum absolute atomic E-state index is 13.0. The highest BCUT2D eigenvalue weighted by Crippen LogP contribution is 2.34. The molecule has 2 aromatic heterocycles. The fraction of sp³-hybridized carbons (Fsp3) is 0.174. The van der Waals surface area contributed by atoms with Crippen LogP contribution in [0.25, 0.3) is 10.9 Å². The van der Waals surface area contributed by atoms with Crippen LogP contribution in [-0.4, -0.2) is 41.7 Å². The molecule has 0 fully saturated rings. The molecule has 8 heteroatoms. The number of nitrogens with one attached hydrogen (secondary N) is 2. The molecular weight excluding hydrogens is 396 g/mol. The van der Waals surface area contributed by atoms with Gasteiger partial charge in [0.2, 0.25) is 0 Å². The van der Waals surface area contributed by atoms with E-state index in [1.165, 1.54) is 4.90 Å². The lowest BCUT2D eigenvalue weighted by molar-refractivity contribution is -0.120. The molecule has 0 saturated heterocycles. The number of hydrogen-bond donors (Lipinski definition) is 2. The number of benzene rings is 2. The number of hydrogen-bond acceptors (Lipinski definition) is 5. The van der Waals surface area contributed by atoms with Gasteiger partial charge in [0.25, 0.3) is 11.8 Å². The molecule has 2 N–H and O–H groups in total. The number of fused-ring (bicyclic) bond motifs is 2. The van der Waals surface area contributed by atoms with E-state index in [9.17, 15) is 9.59 Å². The van der Waals surface area contributed by atoms with Gasteiger partial charge in [0.15, 0.2) is 5.69 Å². The Morgan fingerprint density at radius 2 is 2.06 bits per heavy atom. The van der Waals surface area contributed by atoms with Crippen LogP contribution < -0.4 is 15.0 Å². The lowest BCUT2D eigenvalue weighted by Gasteiger charge is -2.20. The van der Waals surface area contributed by atoms with E-state index in [-0.39, 0.29) is 18.2 Å². The first kappa shape index (κ1) is 18.9. The summed E-state index contributed by atoms with van der Waals surface area (Å²) in [7, 11) is 1.67. The molecule has 4 aromatic rings. The maximum atomic E-state index is 13.0. The summed E-state index contributed by atoms with van der Waals surface area (Å²) >= 11 is 0. The third-order valence-corrected chi connectivity index (χ3v) is 5.35. The Kier molecular flexibility index (Phi) is 4.66. The van der Waals surface area contributed by atoms with Gasteiger partial charge in [-0.1, -0.05) is 35.5 Å². The molecule has 0 saturated carbocycles. The summed E-state index contributed by atoms with van der Waals surface area (Å²) in [6, 6.07) is 16.2. The largest absolute Gasteiger partial charge is 0.489 e. The Balaban J connectivity index is 1.31.